The van der Waals surface area contributed by atoms with Crippen molar-refractivity contribution in [1.29, 1.82) is 0 Å². The molecule has 0 unspecified atom stereocenters. The summed E-state index contributed by atoms with van der Waals surface area (Å²) >= 11 is 4.31. The zero-order valence-corrected chi connectivity index (χ0v) is 19.7. The number of thiazole rings is 1. The number of hydrogen-bond acceptors (Lipinski definition) is 9. The van der Waals surface area contributed by atoms with E-state index >= 15 is 0 Å². The molecule has 8 nitrogen and oxygen atoms in total. The summed E-state index contributed by atoms with van der Waals surface area (Å²) in [6, 6.07) is 0. The van der Waals surface area contributed by atoms with Crippen molar-refractivity contribution in [2.45, 2.75) is 45.8 Å². The Morgan fingerprint density at radius 3 is 2.67 bits per heavy atom. The first-order chi connectivity index (χ1) is 14.4. The van der Waals surface area contributed by atoms with Gasteiger partial charge in [0.25, 0.3) is 0 Å². The van der Waals surface area contributed by atoms with Crippen LogP contribution in [0.3, 0.4) is 0 Å². The van der Waals surface area contributed by atoms with Gasteiger partial charge in [-0.2, -0.15) is 0 Å². The summed E-state index contributed by atoms with van der Waals surface area (Å²) in [4.78, 5) is 29.4. The number of amides is 1. The molecular formula is C19H23N5O3S3. The van der Waals surface area contributed by atoms with Gasteiger partial charge >= 0.3 is 5.97 Å². The molecule has 3 aromatic heterocycles. The first-order valence-electron chi connectivity index (χ1n) is 9.43. The van der Waals surface area contributed by atoms with Crippen molar-refractivity contribution in [3.05, 3.63) is 26.9 Å². The van der Waals surface area contributed by atoms with E-state index in [4.69, 9.17) is 4.74 Å². The molecule has 0 bridgehead atoms. The maximum Gasteiger partial charge on any atom is 0.311 e. The van der Waals surface area contributed by atoms with Crippen LogP contribution in [-0.4, -0.2) is 44.0 Å². The van der Waals surface area contributed by atoms with Crippen LogP contribution in [0.4, 0.5) is 5.13 Å². The van der Waals surface area contributed by atoms with Gasteiger partial charge in [-0.3, -0.25) is 9.59 Å². The van der Waals surface area contributed by atoms with Crippen LogP contribution in [-0.2, 0) is 27.3 Å². The van der Waals surface area contributed by atoms with E-state index in [1.165, 1.54) is 33.5 Å². The van der Waals surface area contributed by atoms with Gasteiger partial charge in [0.1, 0.15) is 0 Å². The predicted molar refractivity (Wildman–Crippen MR) is 120 cm³/mol. The highest BCUT2D eigenvalue weighted by atomic mass is 32.2. The molecule has 1 amide bonds. The van der Waals surface area contributed by atoms with Crippen LogP contribution in [0.15, 0.2) is 15.9 Å². The van der Waals surface area contributed by atoms with Crippen molar-refractivity contribution in [2.24, 2.45) is 0 Å². The Kier molecular flexibility index (Phi) is 7.62. The number of anilines is 1. The Labute approximate surface area is 187 Å². The molecule has 1 N–H and O–H groups in total. The number of nitrogens with zero attached hydrogens (tertiary/aromatic N) is 4. The highest BCUT2D eigenvalue weighted by molar-refractivity contribution is 7.99. The fourth-order valence-corrected chi connectivity index (χ4v) is 5.10. The molecule has 11 heteroatoms. The van der Waals surface area contributed by atoms with Crippen molar-refractivity contribution in [3.8, 4) is 11.4 Å². The second-order valence-corrected chi connectivity index (χ2v) is 9.23. The normalized spacial score (nSPS) is 10.9. The van der Waals surface area contributed by atoms with Crippen LogP contribution < -0.4 is 5.32 Å². The van der Waals surface area contributed by atoms with E-state index in [1.54, 1.807) is 23.6 Å². The summed E-state index contributed by atoms with van der Waals surface area (Å²) < 4.78 is 6.93. The maximum atomic E-state index is 12.3. The summed E-state index contributed by atoms with van der Waals surface area (Å²) in [5.41, 5.74) is 2.87. The molecule has 0 aliphatic heterocycles. The van der Waals surface area contributed by atoms with Crippen molar-refractivity contribution in [2.75, 3.05) is 17.7 Å². The molecule has 30 heavy (non-hydrogen) atoms. The Morgan fingerprint density at radius 2 is 2.00 bits per heavy atom. The number of aryl methyl sites for hydroxylation is 1. The SMILES string of the molecule is CCOC(=O)Cc1csc(NC(=O)CSc2nnc(-c3csc(C)c3C)n2CC)n1. The van der Waals surface area contributed by atoms with Crippen molar-refractivity contribution in [3.63, 3.8) is 0 Å². The standard InChI is InChI=1S/C19H23N5O3S3/c1-5-24-17(14-9-28-12(4)11(14)3)22-23-19(24)30-10-15(25)21-18-20-13(8-29-18)7-16(26)27-6-2/h8-9H,5-7,10H2,1-4H3,(H,20,21,25). The number of thiophene rings is 1. The molecule has 0 aliphatic rings. The van der Waals surface area contributed by atoms with Crippen molar-refractivity contribution < 1.29 is 14.3 Å². The average Bonchev–Trinajstić information content (AvgIpc) is 3.40. The van der Waals surface area contributed by atoms with Gasteiger partial charge in [0.2, 0.25) is 5.91 Å². The minimum Gasteiger partial charge on any atom is -0.466 e. The Bertz CT molecular complexity index is 1040. The highest BCUT2D eigenvalue weighted by Gasteiger charge is 2.18. The number of nitrogens with one attached hydrogen (secondary N) is 1. The van der Waals surface area contributed by atoms with Crippen LogP contribution >= 0.6 is 34.4 Å². The molecule has 0 aliphatic carbocycles. The lowest BCUT2D eigenvalue weighted by molar-refractivity contribution is -0.142. The number of carbonyl (C=O) groups is 2. The van der Waals surface area contributed by atoms with Crippen molar-refractivity contribution >= 4 is 51.4 Å². The van der Waals surface area contributed by atoms with Gasteiger partial charge in [-0.25, -0.2) is 4.98 Å². The smallest absolute Gasteiger partial charge is 0.311 e. The highest BCUT2D eigenvalue weighted by Crippen LogP contribution is 2.31. The molecule has 0 aromatic carbocycles. The largest absolute Gasteiger partial charge is 0.466 e. The topological polar surface area (TPSA) is 99.0 Å². The number of hydrogen-bond donors (Lipinski definition) is 1. The summed E-state index contributed by atoms with van der Waals surface area (Å²) in [7, 11) is 0. The molecule has 0 saturated heterocycles. The number of esters is 1. The van der Waals surface area contributed by atoms with Crippen LogP contribution in [0.2, 0.25) is 0 Å². The number of ether oxygens (including phenoxy) is 1. The predicted octanol–water partition coefficient (Wildman–Crippen LogP) is 3.94. The summed E-state index contributed by atoms with van der Waals surface area (Å²) in [5.74, 6) is 0.492. The molecule has 0 atom stereocenters. The van der Waals surface area contributed by atoms with Gasteiger partial charge in [0.15, 0.2) is 16.1 Å². The molecule has 3 rings (SSSR count). The summed E-state index contributed by atoms with van der Waals surface area (Å²) in [6.45, 7) is 9.01. The zero-order chi connectivity index (χ0) is 21.7. The lowest BCUT2D eigenvalue weighted by Gasteiger charge is -2.07. The van der Waals surface area contributed by atoms with Crippen LogP contribution in [0, 0.1) is 13.8 Å². The minimum absolute atomic E-state index is 0.0960. The number of aromatic nitrogens is 4. The van der Waals surface area contributed by atoms with E-state index in [2.05, 4.69) is 39.7 Å². The van der Waals surface area contributed by atoms with E-state index in [0.29, 0.717) is 29.1 Å². The van der Waals surface area contributed by atoms with Crippen molar-refractivity contribution in [1.82, 2.24) is 19.7 Å². The Balaban J connectivity index is 1.60. The second-order valence-electron chi connectivity index (χ2n) is 6.34. The lowest BCUT2D eigenvalue weighted by atomic mass is 10.1. The van der Waals surface area contributed by atoms with Crippen LogP contribution in [0.5, 0.6) is 0 Å². The van der Waals surface area contributed by atoms with E-state index in [1.807, 2.05) is 11.5 Å². The van der Waals surface area contributed by atoms with Crippen LogP contribution in [0.25, 0.3) is 11.4 Å². The van der Waals surface area contributed by atoms with E-state index < -0.39 is 0 Å². The van der Waals surface area contributed by atoms with E-state index in [9.17, 15) is 9.59 Å². The maximum absolute atomic E-state index is 12.3. The van der Waals surface area contributed by atoms with E-state index in [0.717, 1.165) is 11.4 Å². The minimum atomic E-state index is -0.331. The molecular weight excluding hydrogens is 442 g/mol. The fraction of sp³-hybridized carbons (Fsp3) is 0.421. The third kappa shape index (κ3) is 5.27. The van der Waals surface area contributed by atoms with E-state index in [-0.39, 0.29) is 24.1 Å². The van der Waals surface area contributed by atoms with Gasteiger partial charge in [-0.05, 0) is 33.3 Å². The third-order valence-corrected chi connectivity index (χ3v) is 7.11. The van der Waals surface area contributed by atoms with Crippen LogP contribution in [0.1, 0.15) is 30.0 Å². The molecule has 3 heterocycles. The zero-order valence-electron chi connectivity index (χ0n) is 17.2. The van der Waals surface area contributed by atoms with Gasteiger partial charge in [-0.15, -0.1) is 32.9 Å². The average molecular weight is 466 g/mol. The first-order valence-corrected chi connectivity index (χ1v) is 12.2. The van der Waals surface area contributed by atoms with Gasteiger partial charge in [-0.1, -0.05) is 11.8 Å². The summed E-state index contributed by atoms with van der Waals surface area (Å²) in [5, 5.41) is 16.4. The quantitative estimate of drug-likeness (QED) is 0.377. The fourth-order valence-electron chi connectivity index (χ4n) is 2.70. The second kappa shape index (κ2) is 10.2. The lowest BCUT2D eigenvalue weighted by Crippen LogP contribution is -2.15. The Morgan fingerprint density at radius 1 is 1.20 bits per heavy atom. The molecule has 160 valence electrons. The molecule has 0 radical (unpaired) electrons. The van der Waals surface area contributed by atoms with Gasteiger partial charge in [0.05, 0.1) is 24.5 Å². The first kappa shape index (κ1) is 22.4. The van der Waals surface area contributed by atoms with Gasteiger partial charge in [0, 0.05) is 27.7 Å². The molecule has 0 fully saturated rings. The molecule has 0 saturated carbocycles. The summed E-state index contributed by atoms with van der Waals surface area (Å²) in [6.07, 6.45) is 0.0960. The van der Waals surface area contributed by atoms with Gasteiger partial charge < -0.3 is 14.6 Å². The monoisotopic (exact) mass is 465 g/mol. The number of rotatable bonds is 9. The Hall–Kier alpha value is -2.24. The number of thioether (sulfide) groups is 1. The molecule has 0 spiro atoms. The molecule has 3 aromatic rings. The third-order valence-electron chi connectivity index (χ3n) is 4.32. The number of carbonyl (C=O) groups excluding carboxylic acids is 2.